The second kappa shape index (κ2) is 8.00. The average Bonchev–Trinajstić information content (AvgIpc) is 2.62. The van der Waals surface area contributed by atoms with Gasteiger partial charge in [-0.05, 0) is 49.4 Å². The maximum absolute atomic E-state index is 6.06. The van der Waals surface area contributed by atoms with Crippen molar-refractivity contribution in [1.29, 1.82) is 0 Å². The van der Waals surface area contributed by atoms with E-state index in [9.17, 15) is 0 Å². The van der Waals surface area contributed by atoms with Gasteiger partial charge >= 0.3 is 6.01 Å². The van der Waals surface area contributed by atoms with E-state index in [1.54, 1.807) is 0 Å². The highest BCUT2D eigenvalue weighted by Crippen LogP contribution is 2.29. The Balaban J connectivity index is 1.99. The molecule has 0 unspecified atom stereocenters. The van der Waals surface area contributed by atoms with Crippen LogP contribution in [0, 0.1) is 0 Å². The summed E-state index contributed by atoms with van der Waals surface area (Å²) in [6.45, 7) is 1.16. The second-order valence-electron chi connectivity index (χ2n) is 5.36. The fraction of sp³-hybridized carbons (Fsp3) is 0.222. The summed E-state index contributed by atoms with van der Waals surface area (Å²) in [6.07, 6.45) is 0.796. The smallest absolute Gasteiger partial charge is 0.318 e. The third-order valence-corrected chi connectivity index (χ3v) is 3.77. The van der Waals surface area contributed by atoms with E-state index >= 15 is 0 Å². The highest BCUT2D eigenvalue weighted by Gasteiger charge is 2.10. The topological polar surface area (TPSA) is 82.3 Å². The first kappa shape index (κ1) is 17.3. The average molecular weight is 359 g/mol. The van der Waals surface area contributed by atoms with Crippen LogP contribution in [0.4, 0.5) is 11.5 Å². The normalized spacial score (nSPS) is 10.7. The van der Waals surface area contributed by atoms with Gasteiger partial charge in [-0.1, -0.05) is 17.7 Å². The summed E-state index contributed by atoms with van der Waals surface area (Å²) in [4.78, 5) is 8.79. The molecule has 0 bridgehead atoms. The van der Waals surface area contributed by atoms with Gasteiger partial charge in [0, 0.05) is 16.1 Å². The van der Waals surface area contributed by atoms with Crippen LogP contribution in [0.25, 0.3) is 10.9 Å². The summed E-state index contributed by atoms with van der Waals surface area (Å²) in [5.74, 6) is 1.36. The molecule has 0 aliphatic heterocycles. The summed E-state index contributed by atoms with van der Waals surface area (Å²) in [6, 6.07) is 13.3. The van der Waals surface area contributed by atoms with E-state index in [-0.39, 0.29) is 6.01 Å². The van der Waals surface area contributed by atoms with Crippen molar-refractivity contribution in [3.05, 3.63) is 47.5 Å². The van der Waals surface area contributed by atoms with Gasteiger partial charge in [0.2, 0.25) is 0 Å². The SMILES string of the molecule is COc1nc(Nc2cccc(Cl)c2)c2cc(OCCCN)ccc2n1. The number of nitrogens with one attached hydrogen (secondary N) is 1. The Morgan fingerprint density at radius 2 is 2.04 bits per heavy atom. The van der Waals surface area contributed by atoms with Crippen molar-refractivity contribution >= 4 is 34.0 Å². The fourth-order valence-corrected chi connectivity index (χ4v) is 2.53. The van der Waals surface area contributed by atoms with Crippen LogP contribution in [0.1, 0.15) is 6.42 Å². The highest BCUT2D eigenvalue weighted by atomic mass is 35.5. The molecule has 3 aromatic rings. The molecule has 0 aliphatic carbocycles. The van der Waals surface area contributed by atoms with Crippen LogP contribution in [0.5, 0.6) is 11.8 Å². The molecule has 1 heterocycles. The second-order valence-corrected chi connectivity index (χ2v) is 5.80. The Kier molecular flexibility index (Phi) is 5.53. The number of aromatic nitrogens is 2. The van der Waals surface area contributed by atoms with Crippen LogP contribution in [0.2, 0.25) is 5.02 Å². The monoisotopic (exact) mass is 358 g/mol. The molecule has 7 heteroatoms. The van der Waals surface area contributed by atoms with Gasteiger partial charge in [-0.15, -0.1) is 0 Å². The van der Waals surface area contributed by atoms with Gasteiger partial charge in [0.05, 0.1) is 19.2 Å². The third-order valence-electron chi connectivity index (χ3n) is 3.53. The van der Waals surface area contributed by atoms with E-state index in [1.807, 2.05) is 42.5 Å². The van der Waals surface area contributed by atoms with Gasteiger partial charge < -0.3 is 20.5 Å². The number of hydrogen-bond donors (Lipinski definition) is 2. The van der Waals surface area contributed by atoms with Gasteiger partial charge in [0.25, 0.3) is 0 Å². The Morgan fingerprint density at radius 1 is 1.16 bits per heavy atom. The Labute approximate surface area is 150 Å². The summed E-state index contributed by atoms with van der Waals surface area (Å²) in [5.41, 5.74) is 7.08. The molecule has 0 spiro atoms. The summed E-state index contributed by atoms with van der Waals surface area (Å²) >= 11 is 6.06. The standard InChI is InChI=1S/C18H19ClN4O2/c1-24-18-22-16-7-6-14(25-9-3-8-20)11-15(16)17(23-18)21-13-5-2-4-12(19)10-13/h2,4-7,10-11H,3,8-9,20H2,1H3,(H,21,22,23). The Morgan fingerprint density at radius 3 is 2.80 bits per heavy atom. The molecule has 3 N–H and O–H groups in total. The van der Waals surface area contributed by atoms with Crippen molar-refractivity contribution in [2.45, 2.75) is 6.42 Å². The number of fused-ring (bicyclic) bond motifs is 1. The zero-order chi connectivity index (χ0) is 17.6. The lowest BCUT2D eigenvalue weighted by molar-refractivity contribution is 0.314. The van der Waals surface area contributed by atoms with Crippen LogP contribution < -0.4 is 20.5 Å². The summed E-state index contributed by atoms with van der Waals surface area (Å²) in [7, 11) is 1.54. The van der Waals surface area contributed by atoms with Crippen LogP contribution in [-0.4, -0.2) is 30.2 Å². The largest absolute Gasteiger partial charge is 0.494 e. The van der Waals surface area contributed by atoms with Gasteiger partial charge in [-0.25, -0.2) is 0 Å². The minimum absolute atomic E-state index is 0.286. The third kappa shape index (κ3) is 4.29. The van der Waals surface area contributed by atoms with E-state index in [2.05, 4.69) is 15.3 Å². The number of hydrogen-bond acceptors (Lipinski definition) is 6. The molecular formula is C18H19ClN4O2. The van der Waals surface area contributed by atoms with Gasteiger partial charge in [0.1, 0.15) is 11.6 Å². The van der Waals surface area contributed by atoms with Crippen molar-refractivity contribution in [3.63, 3.8) is 0 Å². The van der Waals surface area contributed by atoms with Crippen molar-refractivity contribution in [2.24, 2.45) is 5.73 Å². The van der Waals surface area contributed by atoms with E-state index in [0.29, 0.717) is 24.0 Å². The number of ether oxygens (including phenoxy) is 2. The first-order valence-corrected chi connectivity index (χ1v) is 8.28. The molecule has 0 aliphatic rings. The van der Waals surface area contributed by atoms with E-state index in [0.717, 1.165) is 28.8 Å². The summed E-state index contributed by atoms with van der Waals surface area (Å²) < 4.78 is 10.9. The lowest BCUT2D eigenvalue weighted by Gasteiger charge is -2.12. The molecule has 0 saturated heterocycles. The van der Waals surface area contributed by atoms with E-state index < -0.39 is 0 Å². The van der Waals surface area contributed by atoms with E-state index in [4.69, 9.17) is 26.8 Å². The van der Waals surface area contributed by atoms with Crippen molar-refractivity contribution in [1.82, 2.24) is 9.97 Å². The molecule has 130 valence electrons. The number of anilines is 2. The molecule has 6 nitrogen and oxygen atoms in total. The van der Waals surface area contributed by atoms with Gasteiger partial charge in [0.15, 0.2) is 0 Å². The number of benzene rings is 2. The van der Waals surface area contributed by atoms with E-state index in [1.165, 1.54) is 7.11 Å². The number of methoxy groups -OCH3 is 1. The minimum atomic E-state index is 0.286. The van der Waals surface area contributed by atoms with Crippen molar-refractivity contribution in [3.8, 4) is 11.8 Å². The highest BCUT2D eigenvalue weighted by molar-refractivity contribution is 6.30. The molecule has 0 atom stereocenters. The Bertz CT molecular complexity index is 873. The predicted molar refractivity (Wildman–Crippen MR) is 100.0 cm³/mol. The number of nitrogens with zero attached hydrogens (tertiary/aromatic N) is 2. The first-order chi connectivity index (χ1) is 12.2. The molecule has 0 amide bonds. The number of rotatable bonds is 7. The summed E-state index contributed by atoms with van der Waals surface area (Å²) in [5, 5.41) is 4.73. The fourth-order valence-electron chi connectivity index (χ4n) is 2.34. The van der Waals surface area contributed by atoms with Crippen molar-refractivity contribution in [2.75, 3.05) is 25.6 Å². The lowest BCUT2D eigenvalue weighted by atomic mass is 10.2. The molecular weight excluding hydrogens is 340 g/mol. The Hall–Kier alpha value is -2.57. The quantitative estimate of drug-likeness (QED) is 0.626. The maximum Gasteiger partial charge on any atom is 0.318 e. The predicted octanol–water partition coefficient (Wildman–Crippen LogP) is 3.76. The molecule has 0 fully saturated rings. The lowest BCUT2D eigenvalue weighted by Crippen LogP contribution is -2.06. The van der Waals surface area contributed by atoms with Gasteiger partial charge in [-0.3, -0.25) is 0 Å². The minimum Gasteiger partial charge on any atom is -0.494 e. The molecule has 0 radical (unpaired) electrons. The molecule has 0 saturated carbocycles. The number of nitrogens with two attached hydrogens (primary N) is 1. The molecule has 2 aromatic carbocycles. The zero-order valence-electron chi connectivity index (χ0n) is 13.8. The van der Waals surface area contributed by atoms with Gasteiger partial charge in [-0.2, -0.15) is 9.97 Å². The molecule has 1 aromatic heterocycles. The van der Waals surface area contributed by atoms with Crippen LogP contribution in [0.15, 0.2) is 42.5 Å². The first-order valence-electron chi connectivity index (χ1n) is 7.91. The maximum atomic E-state index is 6.06. The number of halogens is 1. The van der Waals surface area contributed by atoms with Crippen LogP contribution in [-0.2, 0) is 0 Å². The van der Waals surface area contributed by atoms with Crippen molar-refractivity contribution < 1.29 is 9.47 Å². The zero-order valence-corrected chi connectivity index (χ0v) is 14.6. The van der Waals surface area contributed by atoms with Crippen LogP contribution in [0.3, 0.4) is 0 Å². The molecule has 25 heavy (non-hydrogen) atoms. The molecule has 3 rings (SSSR count). The van der Waals surface area contributed by atoms with Crippen LogP contribution >= 0.6 is 11.6 Å².